The maximum atomic E-state index is 12.7. The highest BCUT2D eigenvalue weighted by Crippen LogP contribution is 2.30. The van der Waals surface area contributed by atoms with Crippen LogP contribution in [-0.2, 0) is 25.6 Å². The highest BCUT2D eigenvalue weighted by molar-refractivity contribution is 7.87. The van der Waals surface area contributed by atoms with Crippen LogP contribution in [0.2, 0.25) is 0 Å². The van der Waals surface area contributed by atoms with Crippen LogP contribution >= 0.6 is 0 Å². The van der Waals surface area contributed by atoms with Crippen molar-refractivity contribution in [2.45, 2.75) is 69.6 Å². The number of carbonyl (C=O) groups excluding carboxylic acids is 1. The van der Waals surface area contributed by atoms with Crippen molar-refractivity contribution < 1.29 is 40.0 Å². The summed E-state index contributed by atoms with van der Waals surface area (Å²) < 4.78 is 75.5. The SMILES string of the molecule is CCCCCCC[C@H]1OC(=O)N(Cc2ccc(OC)cc2)[C@H]1COS(=O)(=O)C(F)(F)F. The first-order valence-electron chi connectivity index (χ1n) is 10.1. The molecule has 1 aliphatic heterocycles. The van der Waals surface area contributed by atoms with Gasteiger partial charge in [-0.15, -0.1) is 0 Å². The second kappa shape index (κ2) is 11.0. The lowest BCUT2D eigenvalue weighted by Gasteiger charge is -2.24. The van der Waals surface area contributed by atoms with Gasteiger partial charge in [-0.25, -0.2) is 4.79 Å². The van der Waals surface area contributed by atoms with Crippen molar-refractivity contribution in [1.82, 2.24) is 4.90 Å². The van der Waals surface area contributed by atoms with Gasteiger partial charge in [-0.2, -0.15) is 21.6 Å². The lowest BCUT2D eigenvalue weighted by Crippen LogP contribution is -2.41. The number of halogens is 3. The van der Waals surface area contributed by atoms with Gasteiger partial charge < -0.3 is 9.47 Å². The summed E-state index contributed by atoms with van der Waals surface area (Å²) in [6.45, 7) is 1.28. The minimum absolute atomic E-state index is 0.0370. The van der Waals surface area contributed by atoms with E-state index < -0.39 is 40.5 Å². The van der Waals surface area contributed by atoms with Crippen LogP contribution in [0.25, 0.3) is 0 Å². The molecular weight excluding hydrogens is 439 g/mol. The molecule has 0 aromatic heterocycles. The van der Waals surface area contributed by atoms with Gasteiger partial charge in [-0.1, -0.05) is 44.7 Å². The van der Waals surface area contributed by atoms with Gasteiger partial charge in [0, 0.05) is 6.54 Å². The van der Waals surface area contributed by atoms with Crippen LogP contribution in [0, 0.1) is 0 Å². The first kappa shape index (κ1) is 25.3. The lowest BCUT2D eigenvalue weighted by atomic mass is 10.0. The number of amides is 1. The molecule has 0 bridgehead atoms. The molecule has 11 heteroatoms. The number of nitrogens with zero attached hydrogens (tertiary/aromatic N) is 1. The van der Waals surface area contributed by atoms with Crippen LogP contribution in [0.1, 0.15) is 51.0 Å². The van der Waals surface area contributed by atoms with Crippen LogP contribution in [0.3, 0.4) is 0 Å². The van der Waals surface area contributed by atoms with Gasteiger partial charge in [-0.3, -0.25) is 9.08 Å². The second-order valence-electron chi connectivity index (χ2n) is 7.35. The van der Waals surface area contributed by atoms with Crippen molar-refractivity contribution in [2.75, 3.05) is 13.7 Å². The zero-order valence-electron chi connectivity index (χ0n) is 17.6. The maximum Gasteiger partial charge on any atom is 0.523 e. The minimum Gasteiger partial charge on any atom is -0.497 e. The molecule has 0 unspecified atom stereocenters. The second-order valence-corrected chi connectivity index (χ2v) is 8.96. The van der Waals surface area contributed by atoms with E-state index in [4.69, 9.17) is 9.47 Å². The van der Waals surface area contributed by atoms with Gasteiger partial charge in [-0.05, 0) is 30.5 Å². The summed E-state index contributed by atoms with van der Waals surface area (Å²) in [7, 11) is -4.27. The molecule has 1 amide bonds. The Morgan fingerprint density at radius 2 is 1.74 bits per heavy atom. The molecule has 1 heterocycles. The molecular formula is C20H28F3NO6S. The molecule has 2 rings (SSSR count). The Hall–Kier alpha value is -2.01. The lowest BCUT2D eigenvalue weighted by molar-refractivity contribution is -0.0556. The van der Waals surface area contributed by atoms with E-state index >= 15 is 0 Å². The molecule has 1 aromatic carbocycles. The molecule has 0 aliphatic carbocycles. The van der Waals surface area contributed by atoms with Crippen LogP contribution in [0.5, 0.6) is 5.75 Å². The van der Waals surface area contributed by atoms with Crippen LogP contribution in [0.15, 0.2) is 24.3 Å². The molecule has 176 valence electrons. The zero-order valence-corrected chi connectivity index (χ0v) is 18.4. The molecule has 1 aromatic rings. The van der Waals surface area contributed by atoms with Crippen molar-refractivity contribution in [3.8, 4) is 5.75 Å². The molecule has 1 saturated heterocycles. The largest absolute Gasteiger partial charge is 0.523 e. The van der Waals surface area contributed by atoms with E-state index in [9.17, 15) is 26.4 Å². The predicted octanol–water partition coefficient (Wildman–Crippen LogP) is 4.61. The van der Waals surface area contributed by atoms with Gasteiger partial charge in [0.05, 0.1) is 19.8 Å². The Morgan fingerprint density at radius 3 is 2.32 bits per heavy atom. The van der Waals surface area contributed by atoms with E-state index in [2.05, 4.69) is 11.1 Å². The highest BCUT2D eigenvalue weighted by atomic mass is 32.2. The predicted molar refractivity (Wildman–Crippen MR) is 107 cm³/mol. The van der Waals surface area contributed by atoms with Crippen LogP contribution < -0.4 is 4.74 Å². The summed E-state index contributed by atoms with van der Waals surface area (Å²) in [4.78, 5) is 13.6. The number of methoxy groups -OCH3 is 1. The zero-order chi connectivity index (χ0) is 23.1. The van der Waals surface area contributed by atoms with Gasteiger partial charge >= 0.3 is 21.7 Å². The number of ether oxygens (including phenoxy) is 2. The average molecular weight is 468 g/mol. The van der Waals surface area contributed by atoms with Crippen molar-refractivity contribution in [3.63, 3.8) is 0 Å². The smallest absolute Gasteiger partial charge is 0.497 e. The summed E-state index contributed by atoms with van der Waals surface area (Å²) >= 11 is 0. The first-order chi connectivity index (χ1) is 14.6. The Labute approximate surface area is 180 Å². The maximum absolute atomic E-state index is 12.7. The van der Waals surface area contributed by atoms with Gasteiger partial charge in [0.2, 0.25) is 0 Å². The van der Waals surface area contributed by atoms with E-state index in [1.807, 2.05) is 0 Å². The molecule has 2 atom stereocenters. The van der Waals surface area contributed by atoms with Crippen molar-refractivity contribution in [1.29, 1.82) is 0 Å². The monoisotopic (exact) mass is 467 g/mol. The topological polar surface area (TPSA) is 82.1 Å². The molecule has 0 spiro atoms. The third-order valence-electron chi connectivity index (χ3n) is 5.10. The number of hydrogen-bond acceptors (Lipinski definition) is 6. The van der Waals surface area contributed by atoms with Crippen molar-refractivity contribution in [3.05, 3.63) is 29.8 Å². The van der Waals surface area contributed by atoms with Crippen molar-refractivity contribution in [2.24, 2.45) is 0 Å². The van der Waals surface area contributed by atoms with Crippen LogP contribution in [-0.4, -0.2) is 50.8 Å². The normalized spacial score (nSPS) is 19.5. The number of hydrogen-bond donors (Lipinski definition) is 0. The van der Waals surface area contributed by atoms with E-state index in [0.29, 0.717) is 24.2 Å². The third kappa shape index (κ3) is 6.99. The molecule has 1 fully saturated rings. The standard InChI is InChI=1S/C20H28F3NO6S/c1-3-4-5-6-7-8-18-17(14-29-31(26,27)20(21,22)23)24(19(25)30-18)13-15-9-11-16(28-2)12-10-15/h9-12,17-18H,3-8,13-14H2,1-2H3/t17-,18+/m0/s1. The molecule has 31 heavy (non-hydrogen) atoms. The number of rotatable bonds is 12. The van der Waals surface area contributed by atoms with E-state index in [0.717, 1.165) is 25.7 Å². The van der Waals surface area contributed by atoms with Gasteiger partial charge in [0.1, 0.15) is 11.9 Å². The Morgan fingerprint density at radius 1 is 1.10 bits per heavy atom. The first-order valence-corrected chi connectivity index (χ1v) is 11.6. The number of unbranched alkanes of at least 4 members (excludes halogenated alkanes) is 4. The third-order valence-corrected chi connectivity index (χ3v) is 6.11. The quantitative estimate of drug-likeness (QED) is 0.254. The molecule has 1 aliphatic rings. The minimum atomic E-state index is -5.77. The highest BCUT2D eigenvalue weighted by Gasteiger charge is 2.49. The molecule has 7 nitrogen and oxygen atoms in total. The fourth-order valence-electron chi connectivity index (χ4n) is 3.35. The summed E-state index contributed by atoms with van der Waals surface area (Å²) in [5.41, 5.74) is -4.85. The van der Waals surface area contributed by atoms with Crippen molar-refractivity contribution >= 4 is 16.2 Å². The fraction of sp³-hybridized carbons (Fsp3) is 0.650. The number of benzene rings is 1. The molecule has 0 N–H and O–H groups in total. The molecule has 0 saturated carbocycles. The summed E-state index contributed by atoms with van der Waals surface area (Å²) in [5, 5.41) is 0. The summed E-state index contributed by atoms with van der Waals surface area (Å²) in [6.07, 6.45) is 3.64. The Kier molecular flexibility index (Phi) is 8.99. The van der Waals surface area contributed by atoms with E-state index in [1.165, 1.54) is 12.0 Å². The van der Waals surface area contributed by atoms with E-state index in [1.54, 1.807) is 24.3 Å². The Balaban J connectivity index is 2.12. The van der Waals surface area contributed by atoms with Crippen LogP contribution in [0.4, 0.5) is 18.0 Å². The summed E-state index contributed by atoms with van der Waals surface area (Å²) in [5.74, 6) is 0.605. The molecule has 0 radical (unpaired) electrons. The number of cyclic esters (lactones) is 1. The average Bonchev–Trinajstić information content (AvgIpc) is 3.00. The Bertz CT molecular complexity index is 813. The number of carbonyl (C=O) groups is 1. The van der Waals surface area contributed by atoms with E-state index in [-0.39, 0.29) is 6.54 Å². The van der Waals surface area contributed by atoms with Gasteiger partial charge in [0.25, 0.3) is 0 Å². The fourth-order valence-corrected chi connectivity index (χ4v) is 3.80. The number of alkyl halides is 3. The summed E-state index contributed by atoms with van der Waals surface area (Å²) in [6, 6.07) is 5.81. The van der Waals surface area contributed by atoms with Gasteiger partial charge in [0.15, 0.2) is 0 Å².